The predicted molar refractivity (Wildman–Crippen MR) is 134 cm³/mol. The topological polar surface area (TPSA) is 49.4 Å². The van der Waals surface area contributed by atoms with Crippen molar-refractivity contribution in [2.24, 2.45) is 0 Å². The number of rotatable bonds is 11. The summed E-state index contributed by atoms with van der Waals surface area (Å²) < 4.78 is 0. The van der Waals surface area contributed by atoms with Gasteiger partial charge in [0.15, 0.2) is 0 Å². The van der Waals surface area contributed by atoms with Crippen LogP contribution in [0.1, 0.15) is 42.0 Å². The standard InChI is InChI=1S/C29H34N2O2/c1-3-4-18-30-29(33)27(20-24-13-7-5-8-14-24)31(22-25-15-9-6-10-16-25)28(32)21-26-17-11-12-23(2)19-26/h5-17,19,27H,3-4,18,20-22H2,1-2H3,(H,30,33)/t27-/m0/s1. The van der Waals surface area contributed by atoms with E-state index >= 15 is 0 Å². The molecule has 1 N–H and O–H groups in total. The summed E-state index contributed by atoms with van der Waals surface area (Å²) in [6.45, 7) is 5.13. The van der Waals surface area contributed by atoms with Gasteiger partial charge in [-0.2, -0.15) is 0 Å². The highest BCUT2D eigenvalue weighted by molar-refractivity contribution is 5.88. The highest BCUT2D eigenvalue weighted by atomic mass is 16.2. The second-order valence-corrected chi connectivity index (χ2v) is 8.52. The van der Waals surface area contributed by atoms with E-state index in [1.165, 1.54) is 0 Å². The van der Waals surface area contributed by atoms with Gasteiger partial charge in [-0.1, -0.05) is 104 Å². The Morgan fingerprint density at radius 1 is 0.848 bits per heavy atom. The molecule has 0 saturated carbocycles. The van der Waals surface area contributed by atoms with Gasteiger partial charge in [0.05, 0.1) is 6.42 Å². The first-order chi connectivity index (χ1) is 16.1. The van der Waals surface area contributed by atoms with Gasteiger partial charge in [0.25, 0.3) is 0 Å². The van der Waals surface area contributed by atoms with E-state index in [2.05, 4.69) is 12.2 Å². The maximum absolute atomic E-state index is 13.6. The van der Waals surface area contributed by atoms with E-state index in [9.17, 15) is 9.59 Å². The van der Waals surface area contributed by atoms with E-state index < -0.39 is 6.04 Å². The third kappa shape index (κ3) is 7.60. The van der Waals surface area contributed by atoms with Gasteiger partial charge in [-0.25, -0.2) is 0 Å². The molecule has 33 heavy (non-hydrogen) atoms. The molecule has 2 amide bonds. The van der Waals surface area contributed by atoms with Crippen LogP contribution < -0.4 is 5.32 Å². The maximum Gasteiger partial charge on any atom is 0.243 e. The molecule has 0 fully saturated rings. The zero-order valence-corrected chi connectivity index (χ0v) is 19.7. The molecule has 172 valence electrons. The first kappa shape index (κ1) is 24.2. The van der Waals surface area contributed by atoms with Crippen LogP contribution >= 0.6 is 0 Å². The molecule has 0 aliphatic carbocycles. The van der Waals surface area contributed by atoms with E-state index in [0.29, 0.717) is 19.5 Å². The Balaban J connectivity index is 1.91. The van der Waals surface area contributed by atoms with Crippen LogP contribution in [0, 0.1) is 6.92 Å². The number of hydrogen-bond acceptors (Lipinski definition) is 2. The normalized spacial score (nSPS) is 11.6. The number of benzene rings is 3. The average Bonchev–Trinajstić information content (AvgIpc) is 2.82. The van der Waals surface area contributed by atoms with Gasteiger partial charge >= 0.3 is 0 Å². The predicted octanol–water partition coefficient (Wildman–Crippen LogP) is 5.09. The molecule has 0 unspecified atom stereocenters. The van der Waals surface area contributed by atoms with Crippen molar-refractivity contribution in [3.63, 3.8) is 0 Å². The smallest absolute Gasteiger partial charge is 0.243 e. The first-order valence-electron chi connectivity index (χ1n) is 11.8. The average molecular weight is 443 g/mol. The SMILES string of the molecule is CCCCNC(=O)[C@H](Cc1ccccc1)N(Cc1ccccc1)C(=O)Cc1cccc(C)c1. The molecule has 4 nitrogen and oxygen atoms in total. The molecule has 0 radical (unpaired) electrons. The van der Waals surface area contributed by atoms with Gasteiger partial charge in [-0.05, 0) is 30.0 Å². The van der Waals surface area contributed by atoms with Crippen molar-refractivity contribution in [2.45, 2.75) is 52.1 Å². The summed E-state index contributed by atoms with van der Waals surface area (Å²) in [6.07, 6.45) is 2.66. The molecule has 0 aliphatic rings. The summed E-state index contributed by atoms with van der Waals surface area (Å²) in [4.78, 5) is 28.8. The zero-order valence-electron chi connectivity index (χ0n) is 19.7. The monoisotopic (exact) mass is 442 g/mol. The molecule has 1 atom stereocenters. The third-order valence-corrected chi connectivity index (χ3v) is 5.73. The molecule has 0 bridgehead atoms. The molecular weight excluding hydrogens is 408 g/mol. The Kier molecular flexibility index (Phi) is 9.25. The number of aryl methyl sites for hydroxylation is 1. The Labute approximate surface area is 197 Å². The molecule has 3 aromatic rings. The molecule has 0 aromatic heterocycles. The molecule has 0 saturated heterocycles. The van der Waals surface area contributed by atoms with Gasteiger partial charge in [-0.3, -0.25) is 9.59 Å². The summed E-state index contributed by atoms with van der Waals surface area (Å²) in [6, 6.07) is 27.2. The molecular formula is C29H34N2O2. The largest absolute Gasteiger partial charge is 0.354 e. The molecule has 0 heterocycles. The Morgan fingerprint density at radius 3 is 2.12 bits per heavy atom. The number of nitrogens with zero attached hydrogens (tertiary/aromatic N) is 1. The second-order valence-electron chi connectivity index (χ2n) is 8.52. The number of carbonyl (C=O) groups excluding carboxylic acids is 2. The minimum Gasteiger partial charge on any atom is -0.354 e. The van der Waals surface area contributed by atoms with Gasteiger partial charge in [-0.15, -0.1) is 0 Å². The number of nitrogens with one attached hydrogen (secondary N) is 1. The highest BCUT2D eigenvalue weighted by Crippen LogP contribution is 2.17. The van der Waals surface area contributed by atoms with Crippen LogP contribution in [-0.2, 0) is 29.0 Å². The van der Waals surface area contributed by atoms with Crippen molar-refractivity contribution >= 4 is 11.8 Å². The lowest BCUT2D eigenvalue weighted by molar-refractivity contribution is -0.140. The first-order valence-corrected chi connectivity index (χ1v) is 11.8. The lowest BCUT2D eigenvalue weighted by Crippen LogP contribution is -2.51. The summed E-state index contributed by atoms with van der Waals surface area (Å²) in [5, 5.41) is 3.07. The summed E-state index contributed by atoms with van der Waals surface area (Å²) in [7, 11) is 0. The van der Waals surface area contributed by atoms with Crippen molar-refractivity contribution in [2.75, 3.05) is 6.54 Å². The lowest BCUT2D eigenvalue weighted by Gasteiger charge is -2.31. The van der Waals surface area contributed by atoms with E-state index in [1.807, 2.05) is 91.9 Å². The quantitative estimate of drug-likeness (QED) is 0.420. The van der Waals surface area contributed by atoms with Crippen LogP contribution in [0.4, 0.5) is 0 Å². The van der Waals surface area contributed by atoms with Crippen molar-refractivity contribution < 1.29 is 9.59 Å². The molecule has 3 aromatic carbocycles. The second kappa shape index (κ2) is 12.6. The fourth-order valence-corrected chi connectivity index (χ4v) is 3.94. The van der Waals surface area contributed by atoms with Gasteiger partial charge < -0.3 is 10.2 Å². The Bertz CT molecular complexity index is 1020. The fourth-order valence-electron chi connectivity index (χ4n) is 3.94. The van der Waals surface area contributed by atoms with Crippen LogP contribution in [0.5, 0.6) is 0 Å². The van der Waals surface area contributed by atoms with Gasteiger partial charge in [0.1, 0.15) is 6.04 Å². The van der Waals surface area contributed by atoms with Crippen LogP contribution in [0.2, 0.25) is 0 Å². The zero-order chi connectivity index (χ0) is 23.5. The van der Waals surface area contributed by atoms with Crippen molar-refractivity contribution in [1.29, 1.82) is 0 Å². The van der Waals surface area contributed by atoms with E-state index in [-0.39, 0.29) is 18.2 Å². The highest BCUT2D eigenvalue weighted by Gasteiger charge is 2.30. The number of hydrogen-bond donors (Lipinski definition) is 1. The van der Waals surface area contributed by atoms with E-state index in [4.69, 9.17) is 0 Å². The molecule has 0 spiro atoms. The number of amides is 2. The molecule has 0 aliphatic heterocycles. The summed E-state index contributed by atoms with van der Waals surface area (Å²) in [5.41, 5.74) is 4.13. The van der Waals surface area contributed by atoms with Crippen LogP contribution in [0.15, 0.2) is 84.9 Å². The molecule has 4 heteroatoms. The minimum absolute atomic E-state index is 0.0453. The maximum atomic E-state index is 13.6. The van der Waals surface area contributed by atoms with E-state index in [0.717, 1.165) is 35.1 Å². The van der Waals surface area contributed by atoms with Crippen molar-refractivity contribution in [1.82, 2.24) is 10.2 Å². The van der Waals surface area contributed by atoms with Crippen LogP contribution in [-0.4, -0.2) is 29.3 Å². The number of carbonyl (C=O) groups is 2. The van der Waals surface area contributed by atoms with Gasteiger partial charge in [0, 0.05) is 19.5 Å². The Morgan fingerprint density at radius 2 is 1.48 bits per heavy atom. The third-order valence-electron chi connectivity index (χ3n) is 5.73. The van der Waals surface area contributed by atoms with E-state index in [1.54, 1.807) is 4.90 Å². The Hall–Kier alpha value is -3.40. The minimum atomic E-state index is -0.582. The summed E-state index contributed by atoms with van der Waals surface area (Å²) >= 11 is 0. The summed E-state index contributed by atoms with van der Waals surface area (Å²) in [5.74, 6) is -0.142. The van der Waals surface area contributed by atoms with Crippen molar-refractivity contribution in [3.05, 3.63) is 107 Å². The molecule has 3 rings (SSSR count). The van der Waals surface area contributed by atoms with Crippen LogP contribution in [0.3, 0.4) is 0 Å². The fraction of sp³-hybridized carbons (Fsp3) is 0.310. The lowest BCUT2D eigenvalue weighted by atomic mass is 10.0. The van der Waals surface area contributed by atoms with Crippen LogP contribution in [0.25, 0.3) is 0 Å². The van der Waals surface area contributed by atoms with Gasteiger partial charge in [0.2, 0.25) is 11.8 Å². The van der Waals surface area contributed by atoms with Crippen molar-refractivity contribution in [3.8, 4) is 0 Å². The number of unbranched alkanes of at least 4 members (excludes halogenated alkanes) is 1.